The fourth-order valence-corrected chi connectivity index (χ4v) is 4.23. The number of piperidine rings is 1. The van der Waals surface area contributed by atoms with E-state index in [-0.39, 0.29) is 5.91 Å². The Kier molecular flexibility index (Phi) is 4.59. The molecule has 134 valence electrons. The van der Waals surface area contributed by atoms with E-state index in [4.69, 9.17) is 0 Å². The van der Waals surface area contributed by atoms with E-state index in [0.717, 1.165) is 55.9 Å². The van der Waals surface area contributed by atoms with Gasteiger partial charge in [-0.25, -0.2) is 4.98 Å². The summed E-state index contributed by atoms with van der Waals surface area (Å²) in [6.45, 7) is 3.97. The Labute approximate surface area is 148 Å². The Bertz CT molecular complexity index is 741. The molecule has 1 N–H and O–H groups in total. The molecule has 2 aromatic heterocycles. The highest BCUT2D eigenvalue weighted by molar-refractivity contribution is 5.76. The number of aromatic nitrogens is 3. The van der Waals surface area contributed by atoms with Crippen LogP contribution in [0, 0.1) is 12.8 Å². The maximum absolute atomic E-state index is 12.3. The second-order valence-corrected chi connectivity index (χ2v) is 7.54. The zero-order valence-electron chi connectivity index (χ0n) is 14.9. The highest BCUT2D eigenvalue weighted by atomic mass is 16.1. The summed E-state index contributed by atoms with van der Waals surface area (Å²) in [6, 6.07) is 4.48. The lowest BCUT2D eigenvalue weighted by Gasteiger charge is -2.33. The highest BCUT2D eigenvalue weighted by Gasteiger charge is 2.25. The third-order valence-corrected chi connectivity index (χ3v) is 5.60. The van der Waals surface area contributed by atoms with Crippen LogP contribution in [0.15, 0.2) is 18.3 Å². The number of aryl methyl sites for hydroxylation is 1. The first kappa shape index (κ1) is 16.4. The first-order valence-corrected chi connectivity index (χ1v) is 9.55. The van der Waals surface area contributed by atoms with Gasteiger partial charge in [0.25, 0.3) is 0 Å². The van der Waals surface area contributed by atoms with Crippen LogP contribution in [0.1, 0.15) is 50.6 Å². The molecular weight excluding hydrogens is 314 g/mol. The monoisotopic (exact) mass is 341 g/mol. The summed E-state index contributed by atoms with van der Waals surface area (Å²) in [6.07, 6.45) is 9.43. The topological polar surface area (TPSA) is 62.5 Å². The molecule has 1 aliphatic carbocycles. The van der Waals surface area contributed by atoms with Crippen LogP contribution in [0.3, 0.4) is 0 Å². The molecule has 3 heterocycles. The number of amides is 1. The van der Waals surface area contributed by atoms with E-state index >= 15 is 0 Å². The van der Waals surface area contributed by atoms with Gasteiger partial charge in [0.2, 0.25) is 5.91 Å². The average molecular weight is 341 g/mol. The van der Waals surface area contributed by atoms with Gasteiger partial charge in [0.15, 0.2) is 5.65 Å². The van der Waals surface area contributed by atoms with Crippen LogP contribution < -0.4 is 10.2 Å². The van der Waals surface area contributed by atoms with Gasteiger partial charge in [-0.15, -0.1) is 0 Å². The molecule has 0 bridgehead atoms. The third kappa shape index (κ3) is 3.62. The Hall–Kier alpha value is -2.11. The number of hydrogen-bond donors (Lipinski definition) is 1. The maximum atomic E-state index is 12.3. The van der Waals surface area contributed by atoms with Gasteiger partial charge in [-0.05, 0) is 38.5 Å². The van der Waals surface area contributed by atoms with E-state index in [1.807, 2.05) is 17.5 Å². The van der Waals surface area contributed by atoms with Crippen molar-refractivity contribution in [3.63, 3.8) is 0 Å². The predicted molar refractivity (Wildman–Crippen MR) is 97.7 cm³/mol. The minimum atomic E-state index is 0.250. The maximum Gasteiger partial charge on any atom is 0.220 e. The second-order valence-electron chi connectivity index (χ2n) is 7.54. The van der Waals surface area contributed by atoms with Crippen LogP contribution in [0.5, 0.6) is 0 Å². The van der Waals surface area contributed by atoms with Crippen molar-refractivity contribution < 1.29 is 4.79 Å². The van der Waals surface area contributed by atoms with Gasteiger partial charge in [0.05, 0.1) is 6.20 Å². The molecule has 2 aromatic rings. The summed E-state index contributed by atoms with van der Waals surface area (Å²) < 4.78 is 1.92. The Morgan fingerprint density at radius 2 is 2.00 bits per heavy atom. The third-order valence-electron chi connectivity index (χ3n) is 5.60. The number of nitrogens with one attached hydrogen (secondary N) is 1. The van der Waals surface area contributed by atoms with Gasteiger partial charge in [-0.2, -0.15) is 9.61 Å². The molecule has 0 atom stereocenters. The van der Waals surface area contributed by atoms with Gasteiger partial charge in [-0.3, -0.25) is 4.79 Å². The lowest BCUT2D eigenvalue weighted by molar-refractivity contribution is -0.122. The van der Waals surface area contributed by atoms with E-state index in [2.05, 4.69) is 26.4 Å². The predicted octanol–water partition coefficient (Wildman–Crippen LogP) is 2.70. The van der Waals surface area contributed by atoms with Crippen molar-refractivity contribution in [3.05, 3.63) is 24.0 Å². The minimum Gasteiger partial charge on any atom is -0.356 e. The fraction of sp³-hybridized carbons (Fsp3) is 0.632. The summed E-state index contributed by atoms with van der Waals surface area (Å²) in [5, 5.41) is 7.63. The summed E-state index contributed by atoms with van der Waals surface area (Å²) >= 11 is 0. The molecule has 6 nitrogen and oxygen atoms in total. The molecule has 6 heteroatoms. The van der Waals surface area contributed by atoms with Crippen molar-refractivity contribution in [2.75, 3.05) is 18.0 Å². The smallest absolute Gasteiger partial charge is 0.220 e. The molecule has 1 saturated carbocycles. The lowest BCUT2D eigenvalue weighted by atomic mass is 9.93. The quantitative estimate of drug-likeness (QED) is 0.929. The molecule has 0 unspecified atom stereocenters. The number of carbonyl (C=O) groups is 1. The van der Waals surface area contributed by atoms with Gasteiger partial charge < -0.3 is 10.2 Å². The number of anilines is 1. The number of fused-ring (bicyclic) bond motifs is 1. The molecule has 0 spiro atoms. The normalized spacial score (nSPS) is 19.6. The van der Waals surface area contributed by atoms with Crippen LogP contribution in [0.25, 0.3) is 5.65 Å². The van der Waals surface area contributed by atoms with Crippen molar-refractivity contribution in [1.29, 1.82) is 0 Å². The number of nitrogens with zero attached hydrogens (tertiary/aromatic N) is 4. The zero-order valence-corrected chi connectivity index (χ0v) is 14.9. The van der Waals surface area contributed by atoms with E-state index in [9.17, 15) is 4.79 Å². The van der Waals surface area contributed by atoms with Crippen molar-refractivity contribution in [3.8, 4) is 0 Å². The van der Waals surface area contributed by atoms with Gasteiger partial charge in [-0.1, -0.05) is 12.8 Å². The molecular formula is C19H27N5O. The standard InChI is InChI=1S/C19H27N5O/c1-14-12-19(24-17(21-14)6-9-20-24)23-10-7-15(8-11-23)13-18(25)22-16-4-2-3-5-16/h6,9,12,15-16H,2-5,7-8,10-11,13H2,1H3,(H,22,25). The summed E-state index contributed by atoms with van der Waals surface area (Å²) in [4.78, 5) is 19.1. The van der Waals surface area contributed by atoms with Crippen molar-refractivity contribution in [2.45, 2.75) is 57.9 Å². The minimum absolute atomic E-state index is 0.250. The van der Waals surface area contributed by atoms with Crippen LogP contribution in [-0.2, 0) is 4.79 Å². The van der Waals surface area contributed by atoms with Crippen LogP contribution >= 0.6 is 0 Å². The molecule has 2 fully saturated rings. The zero-order chi connectivity index (χ0) is 17.2. The van der Waals surface area contributed by atoms with Crippen molar-refractivity contribution >= 4 is 17.4 Å². The number of rotatable bonds is 4. The van der Waals surface area contributed by atoms with Gasteiger partial charge in [0, 0.05) is 43.4 Å². The van der Waals surface area contributed by atoms with E-state index < -0.39 is 0 Å². The van der Waals surface area contributed by atoms with E-state index in [1.54, 1.807) is 6.20 Å². The molecule has 2 aliphatic rings. The van der Waals surface area contributed by atoms with Crippen molar-refractivity contribution in [1.82, 2.24) is 19.9 Å². The first-order chi connectivity index (χ1) is 12.2. The first-order valence-electron chi connectivity index (χ1n) is 9.55. The van der Waals surface area contributed by atoms with Gasteiger partial charge >= 0.3 is 0 Å². The summed E-state index contributed by atoms with van der Waals surface area (Å²) in [5.41, 5.74) is 1.91. The number of hydrogen-bond acceptors (Lipinski definition) is 4. The SMILES string of the molecule is Cc1cc(N2CCC(CC(=O)NC3CCCC3)CC2)n2nccc2n1. The fourth-order valence-electron chi connectivity index (χ4n) is 4.23. The molecule has 1 amide bonds. The Morgan fingerprint density at radius 3 is 2.76 bits per heavy atom. The van der Waals surface area contributed by atoms with Crippen LogP contribution in [-0.4, -0.2) is 39.6 Å². The lowest BCUT2D eigenvalue weighted by Crippen LogP contribution is -2.38. The molecule has 4 rings (SSSR count). The Morgan fingerprint density at radius 1 is 1.24 bits per heavy atom. The average Bonchev–Trinajstić information content (AvgIpc) is 3.26. The van der Waals surface area contributed by atoms with Crippen LogP contribution in [0.4, 0.5) is 5.82 Å². The van der Waals surface area contributed by atoms with Crippen LogP contribution in [0.2, 0.25) is 0 Å². The second kappa shape index (κ2) is 7.02. The molecule has 1 aliphatic heterocycles. The largest absolute Gasteiger partial charge is 0.356 e. The molecule has 0 aromatic carbocycles. The van der Waals surface area contributed by atoms with Crippen molar-refractivity contribution in [2.24, 2.45) is 5.92 Å². The molecule has 0 radical (unpaired) electrons. The number of carbonyl (C=O) groups excluding carboxylic acids is 1. The van der Waals surface area contributed by atoms with E-state index in [1.165, 1.54) is 12.8 Å². The molecule has 1 saturated heterocycles. The van der Waals surface area contributed by atoms with Gasteiger partial charge in [0.1, 0.15) is 5.82 Å². The summed E-state index contributed by atoms with van der Waals surface area (Å²) in [7, 11) is 0. The highest BCUT2D eigenvalue weighted by Crippen LogP contribution is 2.26. The summed E-state index contributed by atoms with van der Waals surface area (Å²) in [5.74, 6) is 1.86. The molecule has 25 heavy (non-hydrogen) atoms. The van der Waals surface area contributed by atoms with E-state index in [0.29, 0.717) is 18.4 Å². The Balaban J connectivity index is 1.34.